The molecule has 0 aliphatic carbocycles. The molecule has 3 rings (SSSR count). The summed E-state index contributed by atoms with van der Waals surface area (Å²) < 4.78 is 5.14. The number of amides is 1. The Kier molecular flexibility index (Phi) is 7.22. The molecule has 0 unspecified atom stereocenters. The van der Waals surface area contributed by atoms with Gasteiger partial charge >= 0.3 is 5.97 Å². The standard InChI is InChI=1S/C21H28N4O3S/c1-4-28-21(27)16-13-17(15(2)3)29-20(16)23-19(26)14-24-9-11-25(12-10-24)18-7-5-6-8-22-18/h5-8,13,15H,4,9-12,14H2,1-3H3,(H,23,26). The molecule has 1 aliphatic rings. The van der Waals surface area contributed by atoms with E-state index in [-0.39, 0.29) is 11.8 Å². The molecule has 2 aromatic heterocycles. The Morgan fingerprint density at radius 1 is 1.24 bits per heavy atom. The van der Waals surface area contributed by atoms with Crippen molar-refractivity contribution >= 4 is 34.0 Å². The second kappa shape index (κ2) is 9.84. The third-order valence-corrected chi connectivity index (χ3v) is 6.13. The van der Waals surface area contributed by atoms with Gasteiger partial charge < -0.3 is 15.0 Å². The summed E-state index contributed by atoms with van der Waals surface area (Å²) in [7, 11) is 0. The largest absolute Gasteiger partial charge is 0.462 e. The minimum Gasteiger partial charge on any atom is -0.462 e. The van der Waals surface area contributed by atoms with E-state index in [0.29, 0.717) is 23.7 Å². The van der Waals surface area contributed by atoms with Crippen LogP contribution >= 0.6 is 11.3 Å². The monoisotopic (exact) mass is 416 g/mol. The number of thiophene rings is 1. The molecule has 0 aromatic carbocycles. The summed E-state index contributed by atoms with van der Waals surface area (Å²) in [6, 6.07) is 7.72. The van der Waals surface area contributed by atoms with E-state index in [9.17, 15) is 9.59 Å². The average Bonchev–Trinajstić information content (AvgIpc) is 3.13. The first-order valence-electron chi connectivity index (χ1n) is 9.97. The van der Waals surface area contributed by atoms with E-state index in [4.69, 9.17) is 4.74 Å². The van der Waals surface area contributed by atoms with Gasteiger partial charge in [0.1, 0.15) is 10.8 Å². The highest BCUT2D eigenvalue weighted by Gasteiger charge is 2.23. The maximum Gasteiger partial charge on any atom is 0.341 e. The van der Waals surface area contributed by atoms with Gasteiger partial charge in [-0.15, -0.1) is 11.3 Å². The van der Waals surface area contributed by atoms with Gasteiger partial charge in [-0.25, -0.2) is 9.78 Å². The molecule has 0 saturated carbocycles. The summed E-state index contributed by atoms with van der Waals surface area (Å²) in [5.74, 6) is 0.739. The first-order valence-corrected chi connectivity index (χ1v) is 10.8. The van der Waals surface area contributed by atoms with Crippen molar-refractivity contribution in [2.75, 3.05) is 49.5 Å². The van der Waals surface area contributed by atoms with Gasteiger partial charge in [-0.05, 0) is 31.0 Å². The van der Waals surface area contributed by atoms with Crippen LogP contribution in [0.4, 0.5) is 10.8 Å². The van der Waals surface area contributed by atoms with Gasteiger partial charge in [-0.1, -0.05) is 19.9 Å². The van der Waals surface area contributed by atoms with Crippen LogP contribution in [0.3, 0.4) is 0 Å². The predicted molar refractivity (Wildman–Crippen MR) is 116 cm³/mol. The number of anilines is 2. The number of nitrogens with one attached hydrogen (secondary N) is 1. The van der Waals surface area contributed by atoms with Crippen molar-refractivity contribution in [2.24, 2.45) is 0 Å². The highest BCUT2D eigenvalue weighted by molar-refractivity contribution is 7.16. The highest BCUT2D eigenvalue weighted by Crippen LogP contribution is 2.33. The summed E-state index contributed by atoms with van der Waals surface area (Å²) in [6.45, 7) is 9.74. The third-order valence-electron chi connectivity index (χ3n) is 4.78. The maximum absolute atomic E-state index is 12.6. The fourth-order valence-corrected chi connectivity index (χ4v) is 4.26. The number of carbonyl (C=O) groups is 2. The highest BCUT2D eigenvalue weighted by atomic mass is 32.1. The number of ether oxygens (including phenoxy) is 1. The van der Waals surface area contributed by atoms with Gasteiger partial charge in [-0.2, -0.15) is 0 Å². The minimum atomic E-state index is -0.394. The van der Waals surface area contributed by atoms with E-state index in [1.54, 1.807) is 13.1 Å². The summed E-state index contributed by atoms with van der Waals surface area (Å²) in [4.78, 5) is 34.7. The number of carbonyl (C=O) groups excluding carboxylic acids is 2. The van der Waals surface area contributed by atoms with Crippen LogP contribution in [0, 0.1) is 0 Å². The van der Waals surface area contributed by atoms with E-state index < -0.39 is 5.97 Å². The third kappa shape index (κ3) is 5.55. The number of hydrogen-bond donors (Lipinski definition) is 1. The van der Waals surface area contributed by atoms with Crippen molar-refractivity contribution in [2.45, 2.75) is 26.7 Å². The predicted octanol–water partition coefficient (Wildman–Crippen LogP) is 3.20. The molecule has 2 aromatic rings. The smallest absolute Gasteiger partial charge is 0.341 e. The molecule has 1 aliphatic heterocycles. The minimum absolute atomic E-state index is 0.112. The Hall–Kier alpha value is -2.45. The molecule has 156 valence electrons. The molecule has 1 amide bonds. The number of pyridine rings is 1. The van der Waals surface area contributed by atoms with Crippen molar-refractivity contribution in [1.29, 1.82) is 0 Å². The van der Waals surface area contributed by atoms with Crippen LogP contribution in [0.25, 0.3) is 0 Å². The van der Waals surface area contributed by atoms with Gasteiger partial charge in [0.15, 0.2) is 0 Å². The molecule has 1 fully saturated rings. The van der Waals surface area contributed by atoms with Gasteiger partial charge in [-0.3, -0.25) is 9.69 Å². The summed E-state index contributed by atoms with van der Waals surface area (Å²) >= 11 is 1.44. The van der Waals surface area contributed by atoms with E-state index >= 15 is 0 Å². The van der Waals surface area contributed by atoms with Crippen LogP contribution in [-0.2, 0) is 9.53 Å². The number of piperazine rings is 1. The lowest BCUT2D eigenvalue weighted by Crippen LogP contribution is -2.48. The Morgan fingerprint density at radius 3 is 2.62 bits per heavy atom. The van der Waals surface area contributed by atoms with Gasteiger partial charge in [0.2, 0.25) is 5.91 Å². The molecule has 0 bridgehead atoms. The number of aromatic nitrogens is 1. The zero-order valence-electron chi connectivity index (χ0n) is 17.2. The Balaban J connectivity index is 1.58. The molecular formula is C21H28N4O3S. The molecule has 29 heavy (non-hydrogen) atoms. The van der Waals surface area contributed by atoms with Crippen LogP contribution in [0.15, 0.2) is 30.5 Å². The maximum atomic E-state index is 12.6. The van der Waals surface area contributed by atoms with E-state index in [2.05, 4.69) is 33.9 Å². The topological polar surface area (TPSA) is 74.8 Å². The van der Waals surface area contributed by atoms with Gasteiger partial charge in [0, 0.05) is 37.3 Å². The fraction of sp³-hybridized carbons (Fsp3) is 0.476. The molecule has 0 radical (unpaired) electrons. The van der Waals surface area contributed by atoms with E-state index in [1.165, 1.54) is 11.3 Å². The van der Waals surface area contributed by atoms with Gasteiger partial charge in [0.25, 0.3) is 0 Å². The van der Waals surface area contributed by atoms with Crippen molar-refractivity contribution in [1.82, 2.24) is 9.88 Å². The van der Waals surface area contributed by atoms with Crippen LogP contribution in [0.1, 0.15) is 41.9 Å². The first kappa shape index (κ1) is 21.3. The Morgan fingerprint density at radius 2 is 2.00 bits per heavy atom. The molecule has 7 nitrogen and oxygen atoms in total. The normalized spacial score (nSPS) is 14.8. The summed E-state index contributed by atoms with van der Waals surface area (Å²) in [5.41, 5.74) is 0.439. The zero-order valence-corrected chi connectivity index (χ0v) is 18.0. The molecule has 0 spiro atoms. The van der Waals surface area contributed by atoms with Crippen molar-refractivity contribution < 1.29 is 14.3 Å². The van der Waals surface area contributed by atoms with Crippen molar-refractivity contribution in [3.05, 3.63) is 40.9 Å². The first-order chi connectivity index (χ1) is 14.0. The van der Waals surface area contributed by atoms with E-state index in [1.807, 2.05) is 24.3 Å². The van der Waals surface area contributed by atoms with Crippen LogP contribution < -0.4 is 10.2 Å². The fourth-order valence-electron chi connectivity index (χ4n) is 3.19. The van der Waals surface area contributed by atoms with Crippen LogP contribution in [0.2, 0.25) is 0 Å². The Bertz CT molecular complexity index is 830. The lowest BCUT2D eigenvalue weighted by atomic mass is 10.1. The van der Waals surface area contributed by atoms with Crippen molar-refractivity contribution in [3.63, 3.8) is 0 Å². The van der Waals surface area contributed by atoms with E-state index in [0.717, 1.165) is 36.9 Å². The van der Waals surface area contributed by atoms with Gasteiger partial charge in [0.05, 0.1) is 18.7 Å². The van der Waals surface area contributed by atoms with Crippen molar-refractivity contribution in [3.8, 4) is 0 Å². The summed E-state index contributed by atoms with van der Waals surface area (Å²) in [5, 5.41) is 3.50. The molecule has 3 heterocycles. The number of rotatable bonds is 7. The molecule has 8 heteroatoms. The molecule has 1 N–H and O–H groups in total. The lowest BCUT2D eigenvalue weighted by Gasteiger charge is -2.34. The van der Waals surface area contributed by atoms with Crippen LogP contribution in [-0.4, -0.2) is 61.1 Å². The molecule has 0 atom stereocenters. The lowest BCUT2D eigenvalue weighted by molar-refractivity contribution is -0.117. The summed E-state index contributed by atoms with van der Waals surface area (Å²) in [6.07, 6.45) is 1.79. The Labute approximate surface area is 175 Å². The molecular weight excluding hydrogens is 388 g/mol. The SMILES string of the molecule is CCOC(=O)c1cc(C(C)C)sc1NC(=O)CN1CCN(c2ccccn2)CC1. The quantitative estimate of drug-likeness (QED) is 0.699. The average molecular weight is 417 g/mol. The number of hydrogen-bond acceptors (Lipinski definition) is 7. The number of nitrogens with zero attached hydrogens (tertiary/aromatic N) is 3. The van der Waals surface area contributed by atoms with Crippen LogP contribution in [0.5, 0.6) is 0 Å². The molecule has 1 saturated heterocycles. The number of esters is 1. The zero-order chi connectivity index (χ0) is 20.8. The second-order valence-corrected chi connectivity index (χ2v) is 8.35. The second-order valence-electron chi connectivity index (χ2n) is 7.27.